The predicted octanol–water partition coefficient (Wildman–Crippen LogP) is 4.17. The maximum atomic E-state index is 11.8. The molecule has 0 aliphatic heterocycles. The van der Waals surface area contributed by atoms with Gasteiger partial charge in [0.05, 0.1) is 12.8 Å². The van der Waals surface area contributed by atoms with Crippen molar-refractivity contribution in [1.82, 2.24) is 0 Å². The molecule has 98 valence electrons. The van der Waals surface area contributed by atoms with Crippen LogP contribution in [0.1, 0.15) is 4.88 Å². The van der Waals surface area contributed by atoms with E-state index in [2.05, 4.69) is 21.2 Å². The van der Waals surface area contributed by atoms with Crippen molar-refractivity contribution in [2.45, 2.75) is 0 Å². The smallest absolute Gasteiger partial charge is 0.248 e. The van der Waals surface area contributed by atoms with E-state index >= 15 is 0 Å². The molecule has 1 N–H and O–H groups in total. The molecule has 2 rings (SSSR count). The third-order valence-electron chi connectivity index (χ3n) is 2.37. The van der Waals surface area contributed by atoms with E-state index in [0.29, 0.717) is 11.4 Å². The van der Waals surface area contributed by atoms with E-state index in [1.54, 1.807) is 30.6 Å². The first-order valence-electron chi connectivity index (χ1n) is 5.55. The standard InChI is InChI=1S/C14H12BrNO2S/c1-18-10-4-6-12(15)13(9-10)16-14(17)7-5-11-3-2-8-19-11/h2-9H,1H3,(H,16,17). The van der Waals surface area contributed by atoms with Gasteiger partial charge in [0.2, 0.25) is 5.91 Å². The van der Waals surface area contributed by atoms with Gasteiger partial charge in [-0.3, -0.25) is 4.79 Å². The van der Waals surface area contributed by atoms with Gasteiger partial charge in [-0.1, -0.05) is 6.07 Å². The van der Waals surface area contributed by atoms with Crippen LogP contribution in [0, 0.1) is 0 Å². The number of carbonyl (C=O) groups excluding carboxylic acids is 1. The van der Waals surface area contributed by atoms with E-state index in [9.17, 15) is 4.79 Å². The number of amides is 1. The minimum absolute atomic E-state index is 0.178. The van der Waals surface area contributed by atoms with E-state index in [0.717, 1.165) is 9.35 Å². The van der Waals surface area contributed by atoms with Crippen LogP contribution in [0.2, 0.25) is 0 Å². The fourth-order valence-electron chi connectivity index (χ4n) is 1.45. The van der Waals surface area contributed by atoms with Crippen LogP contribution >= 0.6 is 27.3 Å². The number of anilines is 1. The Kier molecular flexibility index (Phi) is 4.76. The summed E-state index contributed by atoms with van der Waals surface area (Å²) in [5, 5.41) is 4.77. The van der Waals surface area contributed by atoms with Gasteiger partial charge in [0, 0.05) is 21.5 Å². The molecule has 1 aromatic carbocycles. The fraction of sp³-hybridized carbons (Fsp3) is 0.0714. The van der Waals surface area contributed by atoms with Crippen LogP contribution < -0.4 is 10.1 Å². The summed E-state index contributed by atoms with van der Waals surface area (Å²) < 4.78 is 5.93. The molecule has 2 aromatic rings. The lowest BCUT2D eigenvalue weighted by atomic mass is 10.3. The van der Waals surface area contributed by atoms with E-state index in [-0.39, 0.29) is 5.91 Å². The molecule has 0 saturated heterocycles. The summed E-state index contributed by atoms with van der Waals surface area (Å²) in [7, 11) is 1.59. The average molecular weight is 338 g/mol. The molecule has 0 unspecified atom stereocenters. The third-order valence-corrected chi connectivity index (χ3v) is 3.90. The van der Waals surface area contributed by atoms with Crippen molar-refractivity contribution in [3.8, 4) is 5.75 Å². The Bertz CT molecular complexity index is 593. The quantitative estimate of drug-likeness (QED) is 0.850. The normalized spacial score (nSPS) is 10.6. The fourth-order valence-corrected chi connectivity index (χ4v) is 2.41. The van der Waals surface area contributed by atoms with Crippen LogP contribution in [-0.2, 0) is 4.79 Å². The summed E-state index contributed by atoms with van der Waals surface area (Å²) in [6.45, 7) is 0. The van der Waals surface area contributed by atoms with Crippen molar-refractivity contribution in [3.63, 3.8) is 0 Å². The highest BCUT2D eigenvalue weighted by atomic mass is 79.9. The maximum Gasteiger partial charge on any atom is 0.248 e. The number of nitrogens with one attached hydrogen (secondary N) is 1. The Balaban J connectivity index is 2.06. The summed E-state index contributed by atoms with van der Waals surface area (Å²) in [6, 6.07) is 9.32. The minimum Gasteiger partial charge on any atom is -0.497 e. The van der Waals surface area contributed by atoms with Crippen molar-refractivity contribution < 1.29 is 9.53 Å². The third kappa shape index (κ3) is 3.94. The number of hydrogen-bond donors (Lipinski definition) is 1. The van der Waals surface area contributed by atoms with Gasteiger partial charge in [-0.15, -0.1) is 11.3 Å². The van der Waals surface area contributed by atoms with Gasteiger partial charge < -0.3 is 10.1 Å². The first-order chi connectivity index (χ1) is 9.19. The highest BCUT2D eigenvalue weighted by molar-refractivity contribution is 9.10. The zero-order valence-corrected chi connectivity index (χ0v) is 12.6. The van der Waals surface area contributed by atoms with Gasteiger partial charge in [-0.05, 0) is 45.6 Å². The highest BCUT2D eigenvalue weighted by Gasteiger charge is 2.04. The molecule has 0 bridgehead atoms. The Morgan fingerprint density at radius 1 is 1.42 bits per heavy atom. The largest absolute Gasteiger partial charge is 0.497 e. The first-order valence-corrected chi connectivity index (χ1v) is 7.22. The van der Waals surface area contributed by atoms with Gasteiger partial charge in [0.15, 0.2) is 0 Å². The molecule has 19 heavy (non-hydrogen) atoms. The molecule has 1 amide bonds. The first kappa shape index (κ1) is 13.8. The molecule has 0 spiro atoms. The van der Waals surface area contributed by atoms with Crippen molar-refractivity contribution >= 4 is 44.9 Å². The second-order valence-corrected chi connectivity index (χ2v) is 5.52. The van der Waals surface area contributed by atoms with Crippen LogP contribution in [0.5, 0.6) is 5.75 Å². The number of rotatable bonds is 4. The molecular weight excluding hydrogens is 326 g/mol. The molecule has 5 heteroatoms. The molecule has 0 aliphatic carbocycles. The molecule has 0 saturated carbocycles. The number of benzene rings is 1. The van der Waals surface area contributed by atoms with Gasteiger partial charge in [-0.2, -0.15) is 0 Å². The summed E-state index contributed by atoms with van der Waals surface area (Å²) in [5.74, 6) is 0.517. The number of halogens is 1. The molecule has 1 aromatic heterocycles. The summed E-state index contributed by atoms with van der Waals surface area (Å²) in [4.78, 5) is 12.8. The lowest BCUT2D eigenvalue weighted by molar-refractivity contribution is -0.111. The van der Waals surface area contributed by atoms with Gasteiger partial charge >= 0.3 is 0 Å². The Morgan fingerprint density at radius 3 is 2.95 bits per heavy atom. The van der Waals surface area contributed by atoms with E-state index < -0.39 is 0 Å². The Morgan fingerprint density at radius 2 is 2.26 bits per heavy atom. The monoisotopic (exact) mass is 337 g/mol. The summed E-state index contributed by atoms with van der Waals surface area (Å²) in [5.41, 5.74) is 0.681. The Labute approximate surface area is 124 Å². The van der Waals surface area contributed by atoms with Crippen molar-refractivity contribution in [2.24, 2.45) is 0 Å². The summed E-state index contributed by atoms with van der Waals surface area (Å²) >= 11 is 4.97. The zero-order valence-electron chi connectivity index (χ0n) is 10.2. The Hall–Kier alpha value is -1.59. The van der Waals surface area contributed by atoms with Gasteiger partial charge in [0.25, 0.3) is 0 Å². The van der Waals surface area contributed by atoms with Crippen LogP contribution in [-0.4, -0.2) is 13.0 Å². The van der Waals surface area contributed by atoms with E-state index in [1.807, 2.05) is 29.6 Å². The SMILES string of the molecule is COc1ccc(Br)c(NC(=O)C=Cc2cccs2)c1. The van der Waals surface area contributed by atoms with Gasteiger partial charge in [-0.25, -0.2) is 0 Å². The number of ether oxygens (including phenoxy) is 1. The predicted molar refractivity (Wildman–Crippen MR) is 82.7 cm³/mol. The van der Waals surface area contributed by atoms with Crippen molar-refractivity contribution in [3.05, 3.63) is 51.1 Å². The van der Waals surface area contributed by atoms with Crippen molar-refractivity contribution in [2.75, 3.05) is 12.4 Å². The van der Waals surface area contributed by atoms with Crippen LogP contribution in [0.4, 0.5) is 5.69 Å². The molecule has 0 fully saturated rings. The number of carbonyl (C=O) groups is 1. The number of methoxy groups -OCH3 is 1. The second-order valence-electron chi connectivity index (χ2n) is 3.68. The topological polar surface area (TPSA) is 38.3 Å². The highest BCUT2D eigenvalue weighted by Crippen LogP contribution is 2.27. The van der Waals surface area contributed by atoms with Crippen molar-refractivity contribution in [1.29, 1.82) is 0 Å². The molecule has 0 aliphatic rings. The molecule has 0 atom stereocenters. The summed E-state index contributed by atoms with van der Waals surface area (Å²) in [6.07, 6.45) is 3.30. The zero-order chi connectivity index (χ0) is 13.7. The van der Waals surface area contributed by atoms with E-state index in [4.69, 9.17) is 4.74 Å². The maximum absolute atomic E-state index is 11.8. The van der Waals surface area contributed by atoms with Crippen LogP contribution in [0.25, 0.3) is 6.08 Å². The lowest BCUT2D eigenvalue weighted by Crippen LogP contribution is -2.08. The van der Waals surface area contributed by atoms with Crippen LogP contribution in [0.15, 0.2) is 46.3 Å². The molecular formula is C14H12BrNO2S. The number of thiophene rings is 1. The minimum atomic E-state index is -0.178. The number of hydrogen-bond acceptors (Lipinski definition) is 3. The molecule has 1 heterocycles. The van der Waals surface area contributed by atoms with Gasteiger partial charge in [0.1, 0.15) is 5.75 Å². The lowest BCUT2D eigenvalue weighted by Gasteiger charge is -2.07. The van der Waals surface area contributed by atoms with E-state index in [1.165, 1.54) is 6.08 Å². The average Bonchev–Trinajstić information content (AvgIpc) is 2.92. The molecule has 3 nitrogen and oxygen atoms in total. The molecule has 0 radical (unpaired) electrons. The second kappa shape index (κ2) is 6.54. The van der Waals surface area contributed by atoms with Crippen LogP contribution in [0.3, 0.4) is 0 Å².